The van der Waals surface area contributed by atoms with E-state index in [0.717, 1.165) is 32.1 Å². The van der Waals surface area contributed by atoms with E-state index in [0.29, 0.717) is 30.3 Å². The van der Waals surface area contributed by atoms with E-state index in [2.05, 4.69) is 6.92 Å². The van der Waals surface area contributed by atoms with Crippen LogP contribution in [-0.4, -0.2) is 49.6 Å². The van der Waals surface area contributed by atoms with Gasteiger partial charge in [0.05, 0.1) is 32.9 Å². The average Bonchev–Trinajstić information content (AvgIpc) is 3.27. The van der Waals surface area contributed by atoms with Gasteiger partial charge < -0.3 is 14.6 Å². The van der Waals surface area contributed by atoms with Crippen molar-refractivity contribution in [3.05, 3.63) is 27.6 Å². The van der Waals surface area contributed by atoms with Gasteiger partial charge in [-0.1, -0.05) is 63.5 Å². The largest absolute Gasteiger partial charge is 0.387 e. The van der Waals surface area contributed by atoms with Gasteiger partial charge in [0.1, 0.15) is 0 Å². The van der Waals surface area contributed by atoms with Gasteiger partial charge in [0, 0.05) is 42.9 Å². The summed E-state index contributed by atoms with van der Waals surface area (Å²) in [6.45, 7) is 3.25. The fraction of sp³-hybridized carbons (Fsp3) is 0.769. The van der Waals surface area contributed by atoms with Crippen molar-refractivity contribution in [2.75, 3.05) is 19.3 Å². The molecule has 34 heavy (non-hydrogen) atoms. The van der Waals surface area contributed by atoms with Gasteiger partial charge in [0.15, 0.2) is 0 Å². The SMILES string of the molecule is CC(CC1CCCCC1)C(=O)N1CCC(O)(Cn2cc(S(C)=O)c(Cl)cc2=O)C2(CCCC2)C1. The molecule has 1 spiro atoms. The highest BCUT2D eigenvalue weighted by Gasteiger charge is 2.55. The van der Waals surface area contributed by atoms with Crippen molar-refractivity contribution in [3.63, 3.8) is 0 Å². The summed E-state index contributed by atoms with van der Waals surface area (Å²) >= 11 is 6.13. The fourth-order valence-electron chi connectivity index (χ4n) is 6.77. The zero-order chi connectivity index (χ0) is 24.5. The third-order valence-corrected chi connectivity index (χ3v) is 10.1. The van der Waals surface area contributed by atoms with Gasteiger partial charge in [0.2, 0.25) is 5.91 Å². The molecule has 1 amide bonds. The Morgan fingerprint density at radius 1 is 1.21 bits per heavy atom. The Kier molecular flexibility index (Phi) is 7.95. The molecule has 1 aromatic rings. The van der Waals surface area contributed by atoms with E-state index in [1.54, 1.807) is 0 Å². The van der Waals surface area contributed by atoms with Gasteiger partial charge in [-0.05, 0) is 31.6 Å². The van der Waals surface area contributed by atoms with Gasteiger partial charge >= 0.3 is 0 Å². The van der Waals surface area contributed by atoms with Gasteiger partial charge in [-0.3, -0.25) is 13.8 Å². The minimum Gasteiger partial charge on any atom is -0.387 e. The van der Waals surface area contributed by atoms with Gasteiger partial charge in [0.25, 0.3) is 5.56 Å². The van der Waals surface area contributed by atoms with Gasteiger partial charge in [-0.2, -0.15) is 0 Å². The Hall–Kier alpha value is -1.18. The first kappa shape index (κ1) is 25.9. The van der Waals surface area contributed by atoms with Gasteiger partial charge in [-0.15, -0.1) is 0 Å². The van der Waals surface area contributed by atoms with Crippen LogP contribution in [-0.2, 0) is 22.1 Å². The Labute approximate surface area is 210 Å². The predicted octanol–water partition coefficient (Wildman–Crippen LogP) is 4.37. The van der Waals surface area contributed by atoms with Gasteiger partial charge in [-0.25, -0.2) is 0 Å². The molecule has 3 aliphatic rings. The normalized spacial score (nSPS) is 27.1. The number of carbonyl (C=O) groups is 1. The van der Waals surface area contributed by atoms with E-state index in [1.165, 1.54) is 55.2 Å². The summed E-state index contributed by atoms with van der Waals surface area (Å²) in [5, 5.41) is 12.2. The number of amides is 1. The second kappa shape index (κ2) is 10.4. The van der Waals surface area contributed by atoms with Crippen LogP contribution in [0.2, 0.25) is 5.02 Å². The molecule has 1 aromatic heterocycles. The maximum Gasteiger partial charge on any atom is 0.252 e. The smallest absolute Gasteiger partial charge is 0.252 e. The molecule has 1 N–H and O–H groups in total. The number of nitrogens with zero attached hydrogens (tertiary/aromatic N) is 2. The molecule has 0 bridgehead atoms. The second-order valence-corrected chi connectivity index (χ2v) is 12.8. The molecule has 0 radical (unpaired) electrons. The van der Waals surface area contributed by atoms with Crippen LogP contribution in [0, 0.1) is 17.3 Å². The zero-order valence-electron chi connectivity index (χ0n) is 20.6. The highest BCUT2D eigenvalue weighted by Crippen LogP contribution is 2.52. The number of halogens is 1. The number of aliphatic hydroxyl groups is 1. The standard InChI is InChI=1S/C26H39ClN2O4S/c1-19(14-20-8-4-3-5-9-20)24(31)28-13-12-26(32,25(17-28)10-6-7-11-25)18-29-16-22(34(2)33)21(27)15-23(29)30/h15-16,19-20,32H,3-14,17-18H2,1-2H3. The van der Waals surface area contributed by atoms with Crippen LogP contribution in [0.4, 0.5) is 0 Å². The Bertz CT molecular complexity index is 984. The van der Waals surface area contributed by atoms with E-state index in [1.807, 2.05) is 4.90 Å². The summed E-state index contributed by atoms with van der Waals surface area (Å²) in [4.78, 5) is 28.5. The van der Waals surface area contributed by atoms with E-state index >= 15 is 0 Å². The molecule has 1 saturated heterocycles. The molecule has 2 heterocycles. The van der Waals surface area contributed by atoms with Crippen LogP contribution in [0.3, 0.4) is 0 Å². The van der Waals surface area contributed by atoms with Crippen LogP contribution in [0.5, 0.6) is 0 Å². The lowest BCUT2D eigenvalue weighted by molar-refractivity contribution is -0.163. The topological polar surface area (TPSA) is 79.6 Å². The third kappa shape index (κ3) is 5.17. The summed E-state index contributed by atoms with van der Waals surface area (Å²) in [5.41, 5.74) is -1.83. The number of hydrogen-bond donors (Lipinski definition) is 1. The maximum atomic E-state index is 13.4. The number of carbonyl (C=O) groups excluding carboxylic acids is 1. The number of likely N-dealkylation sites (tertiary alicyclic amines) is 1. The second-order valence-electron chi connectivity index (χ2n) is 11.1. The van der Waals surface area contributed by atoms with Crippen LogP contribution in [0.15, 0.2) is 22.0 Å². The minimum atomic E-state index is -1.34. The van der Waals surface area contributed by atoms with Crippen molar-refractivity contribution in [3.8, 4) is 0 Å². The summed E-state index contributed by atoms with van der Waals surface area (Å²) in [6.07, 6.45) is 14.5. The lowest BCUT2D eigenvalue weighted by Crippen LogP contribution is -2.62. The van der Waals surface area contributed by atoms with Crippen LogP contribution >= 0.6 is 11.6 Å². The van der Waals surface area contributed by atoms with Crippen LogP contribution in [0.25, 0.3) is 0 Å². The number of pyridine rings is 1. The van der Waals surface area contributed by atoms with E-state index in [9.17, 15) is 18.9 Å². The number of aromatic nitrogens is 1. The number of hydrogen-bond acceptors (Lipinski definition) is 4. The third-order valence-electron chi connectivity index (χ3n) is 8.76. The van der Waals surface area contributed by atoms with Crippen molar-refractivity contribution in [2.24, 2.45) is 17.3 Å². The Morgan fingerprint density at radius 3 is 2.53 bits per heavy atom. The molecule has 6 nitrogen and oxygen atoms in total. The minimum absolute atomic E-state index is 0.00808. The Morgan fingerprint density at radius 2 is 1.88 bits per heavy atom. The molecule has 1 aliphatic heterocycles. The summed E-state index contributed by atoms with van der Waals surface area (Å²) in [6, 6.07) is 1.29. The first-order valence-corrected chi connectivity index (χ1v) is 14.8. The molecule has 2 saturated carbocycles. The lowest BCUT2D eigenvalue weighted by Gasteiger charge is -2.53. The quantitative estimate of drug-likeness (QED) is 0.616. The number of rotatable bonds is 6. The molecule has 190 valence electrons. The molecule has 8 heteroatoms. The first-order chi connectivity index (χ1) is 16.1. The zero-order valence-corrected chi connectivity index (χ0v) is 22.1. The van der Waals surface area contributed by atoms with Crippen molar-refractivity contribution in [1.82, 2.24) is 9.47 Å². The molecule has 2 aliphatic carbocycles. The Balaban J connectivity index is 1.52. The van der Waals surface area contributed by atoms with Crippen LogP contribution in [0.1, 0.15) is 77.6 Å². The van der Waals surface area contributed by atoms with E-state index < -0.39 is 21.8 Å². The molecule has 4 rings (SSSR count). The summed E-state index contributed by atoms with van der Waals surface area (Å²) in [5.74, 6) is 0.880. The first-order valence-electron chi connectivity index (χ1n) is 12.9. The average molecular weight is 511 g/mol. The van der Waals surface area contributed by atoms with Crippen molar-refractivity contribution in [2.45, 2.75) is 94.6 Å². The highest BCUT2D eigenvalue weighted by atomic mass is 35.5. The number of piperidine rings is 1. The lowest BCUT2D eigenvalue weighted by atomic mass is 9.65. The van der Waals surface area contributed by atoms with Crippen molar-refractivity contribution < 1.29 is 14.1 Å². The summed E-state index contributed by atoms with van der Waals surface area (Å²) in [7, 11) is -1.34. The highest BCUT2D eigenvalue weighted by molar-refractivity contribution is 7.84. The van der Waals surface area contributed by atoms with Crippen LogP contribution < -0.4 is 5.56 Å². The fourth-order valence-corrected chi connectivity index (χ4v) is 7.85. The maximum absolute atomic E-state index is 13.4. The molecular formula is C26H39ClN2O4S. The molecule has 3 fully saturated rings. The van der Waals surface area contributed by atoms with Crippen molar-refractivity contribution >= 4 is 28.3 Å². The van der Waals surface area contributed by atoms with E-state index in [-0.39, 0.29) is 29.0 Å². The molecule has 3 unspecified atom stereocenters. The molecule has 3 atom stereocenters. The molecular weight excluding hydrogens is 472 g/mol. The summed E-state index contributed by atoms with van der Waals surface area (Å²) < 4.78 is 13.5. The predicted molar refractivity (Wildman–Crippen MR) is 135 cm³/mol. The molecule has 0 aromatic carbocycles. The van der Waals surface area contributed by atoms with E-state index in [4.69, 9.17) is 11.6 Å². The van der Waals surface area contributed by atoms with Crippen molar-refractivity contribution in [1.29, 1.82) is 0 Å². The monoisotopic (exact) mass is 510 g/mol.